The highest BCUT2D eigenvalue weighted by atomic mass is 16.3. The van der Waals surface area contributed by atoms with Gasteiger partial charge in [-0.05, 0) is 91.6 Å². The molecule has 0 aliphatic heterocycles. The zero-order valence-electron chi connectivity index (χ0n) is 18.8. The molecule has 4 rings (SSSR count). The van der Waals surface area contributed by atoms with Crippen LogP contribution in [0.2, 0.25) is 0 Å². The summed E-state index contributed by atoms with van der Waals surface area (Å²) in [5.74, 6) is 2.28. The third-order valence-corrected chi connectivity index (χ3v) is 8.65. The molecule has 0 aromatic heterocycles. The fraction of sp³-hybridized carbons (Fsp3) is 0.704. The molecule has 0 bridgehead atoms. The van der Waals surface area contributed by atoms with E-state index in [9.17, 15) is 15.3 Å². The minimum absolute atomic E-state index is 0.250. The van der Waals surface area contributed by atoms with E-state index in [1.807, 2.05) is 0 Å². The Hall–Kier alpha value is -1.16. The largest absolute Gasteiger partial charge is 0.393 e. The third kappa shape index (κ3) is 4.40. The van der Waals surface area contributed by atoms with E-state index in [0.717, 1.165) is 17.6 Å². The van der Waals surface area contributed by atoms with E-state index in [1.165, 1.54) is 44.1 Å². The Morgan fingerprint density at radius 3 is 2.60 bits per heavy atom. The summed E-state index contributed by atoms with van der Waals surface area (Å²) in [4.78, 5) is 0. The zero-order chi connectivity index (χ0) is 21.5. The van der Waals surface area contributed by atoms with Crippen LogP contribution in [0.3, 0.4) is 0 Å². The summed E-state index contributed by atoms with van der Waals surface area (Å²) < 4.78 is 0. The van der Waals surface area contributed by atoms with Crippen molar-refractivity contribution in [2.45, 2.75) is 89.9 Å². The Kier molecular flexibility index (Phi) is 6.44. The highest BCUT2D eigenvalue weighted by Gasteiger charge is 2.50. The molecule has 4 aliphatic rings. The second kappa shape index (κ2) is 8.76. The zero-order valence-corrected chi connectivity index (χ0v) is 18.8. The topological polar surface area (TPSA) is 60.7 Å². The van der Waals surface area contributed by atoms with Gasteiger partial charge >= 0.3 is 0 Å². The van der Waals surface area contributed by atoms with Gasteiger partial charge in [0.15, 0.2) is 0 Å². The first-order chi connectivity index (χ1) is 14.3. The first-order valence-corrected chi connectivity index (χ1v) is 12.1. The average molecular weight is 413 g/mol. The van der Waals surface area contributed by atoms with Crippen molar-refractivity contribution in [1.29, 1.82) is 0 Å². The molecular formula is C27H40O3. The van der Waals surface area contributed by atoms with Gasteiger partial charge in [0.2, 0.25) is 0 Å². The van der Waals surface area contributed by atoms with Crippen LogP contribution >= 0.6 is 0 Å². The van der Waals surface area contributed by atoms with E-state index in [0.29, 0.717) is 41.9 Å². The van der Waals surface area contributed by atoms with Gasteiger partial charge in [0, 0.05) is 6.42 Å². The molecule has 0 spiro atoms. The predicted molar refractivity (Wildman–Crippen MR) is 122 cm³/mol. The van der Waals surface area contributed by atoms with Crippen LogP contribution in [0.15, 0.2) is 47.6 Å². The molecule has 4 fully saturated rings. The fourth-order valence-electron chi connectivity index (χ4n) is 6.63. The predicted octanol–water partition coefficient (Wildman–Crippen LogP) is 5.09. The van der Waals surface area contributed by atoms with Gasteiger partial charge in [0.05, 0.1) is 18.3 Å². The number of aliphatic hydroxyl groups excluding tert-OH is 3. The number of fused-ring (bicyclic) bond motifs is 1. The molecule has 0 saturated heterocycles. The van der Waals surface area contributed by atoms with Crippen molar-refractivity contribution in [3.63, 3.8) is 0 Å². The molecule has 0 amide bonds. The summed E-state index contributed by atoms with van der Waals surface area (Å²) in [7, 11) is 0. The molecule has 166 valence electrons. The van der Waals surface area contributed by atoms with Crippen molar-refractivity contribution < 1.29 is 15.3 Å². The van der Waals surface area contributed by atoms with Gasteiger partial charge in [-0.3, -0.25) is 0 Å². The number of rotatable bonds is 5. The van der Waals surface area contributed by atoms with Crippen molar-refractivity contribution in [2.24, 2.45) is 29.1 Å². The lowest BCUT2D eigenvalue weighted by molar-refractivity contribution is 0.0862. The third-order valence-electron chi connectivity index (χ3n) is 8.65. The van der Waals surface area contributed by atoms with Crippen LogP contribution in [0.1, 0.15) is 71.6 Å². The molecule has 5 unspecified atom stereocenters. The van der Waals surface area contributed by atoms with Gasteiger partial charge in [0.1, 0.15) is 0 Å². The van der Waals surface area contributed by atoms with E-state index >= 15 is 0 Å². The van der Waals surface area contributed by atoms with E-state index in [2.05, 4.69) is 44.7 Å². The normalized spacial score (nSPS) is 42.1. The molecule has 3 nitrogen and oxygen atoms in total. The number of allylic oxidation sites excluding steroid dienone is 4. The molecule has 3 N–H and O–H groups in total. The van der Waals surface area contributed by atoms with Crippen LogP contribution < -0.4 is 0 Å². The molecule has 7 atom stereocenters. The Morgan fingerprint density at radius 1 is 1.10 bits per heavy atom. The van der Waals surface area contributed by atoms with Crippen LogP contribution in [0.25, 0.3) is 0 Å². The second-order valence-electron chi connectivity index (χ2n) is 10.7. The molecule has 4 saturated carbocycles. The van der Waals surface area contributed by atoms with E-state index in [1.54, 1.807) is 0 Å². The summed E-state index contributed by atoms with van der Waals surface area (Å²) >= 11 is 0. The minimum atomic E-state index is -0.621. The van der Waals surface area contributed by atoms with Crippen molar-refractivity contribution in [3.8, 4) is 0 Å². The maximum atomic E-state index is 10.2. The highest BCUT2D eigenvalue weighted by molar-refractivity contribution is 5.38. The first kappa shape index (κ1) is 22.0. The molecule has 0 aromatic rings. The van der Waals surface area contributed by atoms with Gasteiger partial charge in [-0.25, -0.2) is 0 Å². The van der Waals surface area contributed by atoms with E-state index < -0.39 is 12.2 Å². The van der Waals surface area contributed by atoms with Gasteiger partial charge in [0.25, 0.3) is 0 Å². The lowest BCUT2D eigenvalue weighted by Gasteiger charge is -2.44. The van der Waals surface area contributed by atoms with Crippen molar-refractivity contribution >= 4 is 0 Å². The van der Waals surface area contributed by atoms with Gasteiger partial charge in [-0.15, -0.1) is 0 Å². The maximum absolute atomic E-state index is 10.2. The number of aliphatic hydroxyl groups is 3. The second-order valence-corrected chi connectivity index (χ2v) is 10.7. The molecule has 0 aromatic carbocycles. The first-order valence-electron chi connectivity index (χ1n) is 12.1. The minimum Gasteiger partial charge on any atom is -0.393 e. The van der Waals surface area contributed by atoms with Crippen LogP contribution in [0.4, 0.5) is 0 Å². The molecule has 3 heteroatoms. The Morgan fingerprint density at radius 2 is 1.87 bits per heavy atom. The summed E-state index contributed by atoms with van der Waals surface area (Å²) in [5.41, 5.74) is 3.63. The summed E-state index contributed by atoms with van der Waals surface area (Å²) in [5, 5.41) is 30.4. The molecule has 0 heterocycles. The number of hydrogen-bond acceptors (Lipinski definition) is 3. The highest BCUT2D eigenvalue weighted by Crippen LogP contribution is 2.59. The van der Waals surface area contributed by atoms with E-state index in [4.69, 9.17) is 0 Å². The van der Waals surface area contributed by atoms with Crippen LogP contribution in [0.5, 0.6) is 0 Å². The molecular weight excluding hydrogens is 372 g/mol. The van der Waals surface area contributed by atoms with Gasteiger partial charge < -0.3 is 15.3 Å². The van der Waals surface area contributed by atoms with Crippen LogP contribution in [-0.2, 0) is 0 Å². The van der Waals surface area contributed by atoms with Gasteiger partial charge in [-0.2, -0.15) is 0 Å². The van der Waals surface area contributed by atoms with Crippen LogP contribution in [0, 0.1) is 29.1 Å². The average Bonchev–Trinajstić information content (AvgIpc) is 3.49. The standard InChI is InChI=1S/C27H40O3/c1-17(6-13-25(29)20-8-9-20)23-11-12-24-19(5-4-14-27(23,24)3)7-10-21-15-22(28)16-26(30)18(21)2/h6-7,10,13,17,20,22-26,28-30H,2,4-5,8-9,11-12,14-16H2,1,3H3/b13-6+,19-7+,21-10-/t17-,22?,23?,24?,25?,26?,27+/m0/s1. The van der Waals surface area contributed by atoms with Crippen molar-refractivity contribution in [3.05, 3.63) is 47.6 Å². The SMILES string of the molecule is C=C1/C(=C\C=C2/CCC[C@@]3(C)C2CCC3[C@@H](C)/C=C/C(O)C2CC2)CC(O)CC1O. The Bertz CT molecular complexity index is 743. The van der Waals surface area contributed by atoms with Gasteiger partial charge in [-0.1, -0.05) is 50.3 Å². The number of hydrogen-bond donors (Lipinski definition) is 3. The van der Waals surface area contributed by atoms with Crippen molar-refractivity contribution in [1.82, 2.24) is 0 Å². The summed E-state index contributed by atoms with van der Waals surface area (Å²) in [6.07, 6.45) is 16.9. The Balaban J connectivity index is 1.48. The summed E-state index contributed by atoms with van der Waals surface area (Å²) in [6, 6.07) is 0. The molecule has 30 heavy (non-hydrogen) atoms. The van der Waals surface area contributed by atoms with E-state index in [-0.39, 0.29) is 6.10 Å². The van der Waals surface area contributed by atoms with Crippen molar-refractivity contribution in [2.75, 3.05) is 0 Å². The molecule has 4 aliphatic carbocycles. The smallest absolute Gasteiger partial charge is 0.0811 e. The maximum Gasteiger partial charge on any atom is 0.0811 e. The Labute approximate surface area is 182 Å². The summed E-state index contributed by atoms with van der Waals surface area (Å²) in [6.45, 7) is 8.88. The lowest BCUT2D eigenvalue weighted by atomic mass is 9.61. The lowest BCUT2D eigenvalue weighted by Crippen LogP contribution is -2.35. The fourth-order valence-corrected chi connectivity index (χ4v) is 6.63. The quantitative estimate of drug-likeness (QED) is 0.551. The molecule has 0 radical (unpaired) electrons. The monoisotopic (exact) mass is 412 g/mol. The van der Waals surface area contributed by atoms with Crippen LogP contribution in [-0.4, -0.2) is 33.6 Å².